The Morgan fingerprint density at radius 2 is 1.43 bits per heavy atom. The van der Waals surface area contributed by atoms with Gasteiger partial charge in [0, 0.05) is 0 Å². The van der Waals surface area contributed by atoms with E-state index in [-0.39, 0.29) is 12.2 Å². The lowest BCUT2D eigenvalue weighted by atomic mass is 9.83. The van der Waals surface area contributed by atoms with E-state index in [1.165, 1.54) is 12.1 Å². The zero-order valence-electron chi connectivity index (χ0n) is 12.4. The van der Waals surface area contributed by atoms with Gasteiger partial charge in [-0.25, -0.2) is 4.79 Å². The molecular weight excluding hydrogens is 307 g/mol. The average Bonchev–Trinajstić information content (AvgIpc) is 2.54. The summed E-state index contributed by atoms with van der Waals surface area (Å²) in [6.07, 6.45) is -4.45. The van der Waals surface area contributed by atoms with Gasteiger partial charge in [-0.05, 0) is 30.2 Å². The quantitative estimate of drug-likeness (QED) is 0.877. The average molecular weight is 323 g/mol. The molecule has 0 aliphatic carbocycles. The van der Waals surface area contributed by atoms with Gasteiger partial charge in [0.15, 0.2) is 5.54 Å². The van der Waals surface area contributed by atoms with Crippen molar-refractivity contribution < 1.29 is 22.7 Å². The first-order chi connectivity index (χ1) is 10.8. The van der Waals surface area contributed by atoms with Crippen LogP contribution in [0.2, 0.25) is 0 Å². The molecule has 1 unspecified atom stereocenters. The Balaban J connectivity index is 2.52. The zero-order chi connectivity index (χ0) is 17.1. The third kappa shape index (κ3) is 3.37. The molecule has 0 aliphatic rings. The number of alkyl halides is 3. The van der Waals surface area contributed by atoms with Crippen molar-refractivity contribution in [2.45, 2.75) is 18.6 Å². The number of carbonyl (C=O) groups is 1. The standard InChI is InChI=1S/C17H16F3NO2/c1-2-23-15(22)16(21,12-6-4-3-5-7-12)13-8-10-14(11-9-13)17(18,19)20/h3-11H,2,21H2,1H3. The maximum absolute atomic E-state index is 12.7. The predicted molar refractivity (Wildman–Crippen MR) is 79.5 cm³/mol. The van der Waals surface area contributed by atoms with Gasteiger partial charge in [-0.2, -0.15) is 13.2 Å². The Bertz CT molecular complexity index is 668. The Kier molecular flexibility index (Phi) is 4.75. The minimum absolute atomic E-state index is 0.116. The highest BCUT2D eigenvalue weighted by Gasteiger charge is 2.40. The Hall–Kier alpha value is -2.34. The molecule has 0 aromatic heterocycles. The summed E-state index contributed by atoms with van der Waals surface area (Å²) in [5, 5.41) is 0. The van der Waals surface area contributed by atoms with Crippen LogP contribution in [0.1, 0.15) is 23.6 Å². The summed E-state index contributed by atoms with van der Waals surface area (Å²) in [5.74, 6) is -0.717. The maximum atomic E-state index is 12.7. The van der Waals surface area contributed by atoms with Crippen molar-refractivity contribution in [3.63, 3.8) is 0 Å². The summed E-state index contributed by atoms with van der Waals surface area (Å²) in [6.45, 7) is 1.75. The van der Waals surface area contributed by atoms with Crippen molar-refractivity contribution in [2.24, 2.45) is 5.73 Å². The lowest BCUT2D eigenvalue weighted by Crippen LogP contribution is -2.47. The number of hydrogen-bond acceptors (Lipinski definition) is 3. The molecule has 0 saturated carbocycles. The minimum Gasteiger partial charge on any atom is -0.464 e. The normalized spacial score (nSPS) is 14.1. The van der Waals surface area contributed by atoms with Gasteiger partial charge in [-0.15, -0.1) is 0 Å². The van der Waals surface area contributed by atoms with Crippen LogP contribution in [0.3, 0.4) is 0 Å². The molecule has 23 heavy (non-hydrogen) atoms. The van der Waals surface area contributed by atoms with Crippen LogP contribution in [0.4, 0.5) is 13.2 Å². The minimum atomic E-state index is -4.45. The van der Waals surface area contributed by atoms with Crippen LogP contribution < -0.4 is 5.73 Å². The van der Waals surface area contributed by atoms with Crippen molar-refractivity contribution in [3.05, 3.63) is 71.3 Å². The summed E-state index contributed by atoms with van der Waals surface area (Å²) in [4.78, 5) is 12.4. The Morgan fingerprint density at radius 1 is 0.957 bits per heavy atom. The van der Waals surface area contributed by atoms with Crippen LogP contribution >= 0.6 is 0 Å². The summed E-state index contributed by atoms with van der Waals surface area (Å²) in [6, 6.07) is 12.6. The first-order valence-electron chi connectivity index (χ1n) is 6.99. The molecule has 2 N–H and O–H groups in total. The molecule has 2 rings (SSSR count). The third-order valence-electron chi connectivity index (χ3n) is 3.49. The van der Waals surface area contributed by atoms with E-state index in [1.807, 2.05) is 0 Å². The van der Waals surface area contributed by atoms with Crippen molar-refractivity contribution in [3.8, 4) is 0 Å². The van der Waals surface area contributed by atoms with Crippen LogP contribution in [-0.4, -0.2) is 12.6 Å². The highest BCUT2D eigenvalue weighted by molar-refractivity contribution is 5.86. The number of benzene rings is 2. The van der Waals surface area contributed by atoms with Crippen molar-refractivity contribution in [2.75, 3.05) is 6.61 Å². The fraction of sp³-hybridized carbons (Fsp3) is 0.235. The molecule has 122 valence electrons. The Morgan fingerprint density at radius 3 is 1.91 bits per heavy atom. The van der Waals surface area contributed by atoms with E-state index in [2.05, 4.69) is 0 Å². The van der Waals surface area contributed by atoms with Crippen LogP contribution in [0.5, 0.6) is 0 Å². The lowest BCUT2D eigenvalue weighted by molar-refractivity contribution is -0.148. The molecule has 2 aromatic carbocycles. The van der Waals surface area contributed by atoms with Gasteiger partial charge in [0.2, 0.25) is 0 Å². The second-order valence-corrected chi connectivity index (χ2v) is 4.97. The van der Waals surface area contributed by atoms with E-state index >= 15 is 0 Å². The summed E-state index contributed by atoms with van der Waals surface area (Å²) < 4.78 is 43.1. The molecule has 0 heterocycles. The first kappa shape index (κ1) is 17.0. The van der Waals surface area contributed by atoms with Crippen molar-refractivity contribution >= 4 is 5.97 Å². The molecule has 0 spiro atoms. The monoisotopic (exact) mass is 323 g/mol. The molecule has 0 amide bonds. The van der Waals surface area contributed by atoms with Gasteiger partial charge in [0.1, 0.15) is 0 Å². The van der Waals surface area contributed by atoms with Crippen LogP contribution in [0, 0.1) is 0 Å². The fourth-order valence-corrected chi connectivity index (χ4v) is 2.27. The highest BCUT2D eigenvalue weighted by Crippen LogP contribution is 2.33. The van der Waals surface area contributed by atoms with E-state index in [0.29, 0.717) is 5.56 Å². The van der Waals surface area contributed by atoms with Crippen LogP contribution in [0.25, 0.3) is 0 Å². The summed E-state index contributed by atoms with van der Waals surface area (Å²) in [5.41, 5.74) is 4.48. The highest BCUT2D eigenvalue weighted by atomic mass is 19.4. The maximum Gasteiger partial charge on any atom is 0.416 e. The number of halogens is 3. The second kappa shape index (κ2) is 6.42. The molecule has 2 aromatic rings. The largest absolute Gasteiger partial charge is 0.464 e. The van der Waals surface area contributed by atoms with E-state index in [9.17, 15) is 18.0 Å². The van der Waals surface area contributed by atoms with Crippen molar-refractivity contribution in [1.82, 2.24) is 0 Å². The molecule has 0 radical (unpaired) electrons. The van der Waals surface area contributed by atoms with Gasteiger partial charge >= 0.3 is 12.1 Å². The second-order valence-electron chi connectivity index (χ2n) is 4.97. The molecule has 3 nitrogen and oxygen atoms in total. The molecule has 0 fully saturated rings. The van der Waals surface area contributed by atoms with Crippen LogP contribution in [-0.2, 0) is 21.2 Å². The number of carbonyl (C=O) groups excluding carboxylic acids is 1. The number of hydrogen-bond donors (Lipinski definition) is 1. The molecule has 0 aliphatic heterocycles. The molecular formula is C17H16F3NO2. The number of rotatable bonds is 4. The van der Waals surface area contributed by atoms with E-state index in [0.717, 1.165) is 12.1 Å². The zero-order valence-corrected chi connectivity index (χ0v) is 12.4. The molecule has 1 atom stereocenters. The summed E-state index contributed by atoms with van der Waals surface area (Å²) >= 11 is 0. The molecule has 0 bridgehead atoms. The first-order valence-corrected chi connectivity index (χ1v) is 6.99. The van der Waals surface area contributed by atoms with Gasteiger partial charge in [-0.3, -0.25) is 0 Å². The van der Waals surface area contributed by atoms with Crippen molar-refractivity contribution in [1.29, 1.82) is 0 Å². The number of esters is 1. The smallest absolute Gasteiger partial charge is 0.416 e. The van der Waals surface area contributed by atoms with Gasteiger partial charge in [-0.1, -0.05) is 42.5 Å². The molecule has 0 saturated heterocycles. The topological polar surface area (TPSA) is 52.3 Å². The predicted octanol–water partition coefficient (Wildman–Crippen LogP) is 3.47. The third-order valence-corrected chi connectivity index (χ3v) is 3.49. The number of ether oxygens (including phenoxy) is 1. The summed E-state index contributed by atoms with van der Waals surface area (Å²) in [7, 11) is 0. The van der Waals surface area contributed by atoms with E-state index < -0.39 is 23.2 Å². The van der Waals surface area contributed by atoms with E-state index in [4.69, 9.17) is 10.5 Å². The SMILES string of the molecule is CCOC(=O)C(N)(c1ccccc1)c1ccc(C(F)(F)F)cc1. The fourth-order valence-electron chi connectivity index (χ4n) is 2.27. The van der Waals surface area contributed by atoms with Gasteiger partial charge < -0.3 is 10.5 Å². The Labute approximate surface area is 131 Å². The van der Waals surface area contributed by atoms with E-state index in [1.54, 1.807) is 37.3 Å². The van der Waals surface area contributed by atoms with Gasteiger partial charge in [0.25, 0.3) is 0 Å². The molecule has 6 heteroatoms. The lowest BCUT2D eigenvalue weighted by Gasteiger charge is -2.28. The van der Waals surface area contributed by atoms with Gasteiger partial charge in [0.05, 0.1) is 12.2 Å². The van der Waals surface area contributed by atoms with Crippen LogP contribution in [0.15, 0.2) is 54.6 Å². The number of nitrogens with two attached hydrogens (primary N) is 1.